The first kappa shape index (κ1) is 13.1. The van der Waals surface area contributed by atoms with Gasteiger partial charge >= 0.3 is 0 Å². The first-order valence-corrected chi connectivity index (χ1v) is 6.83. The van der Waals surface area contributed by atoms with Crippen LogP contribution in [0.15, 0.2) is 30.5 Å². The van der Waals surface area contributed by atoms with Crippen molar-refractivity contribution in [3.63, 3.8) is 0 Å². The molecule has 0 saturated carbocycles. The summed E-state index contributed by atoms with van der Waals surface area (Å²) in [7, 11) is 0. The van der Waals surface area contributed by atoms with Crippen LogP contribution in [-0.4, -0.2) is 42.0 Å². The molecule has 0 amide bonds. The summed E-state index contributed by atoms with van der Waals surface area (Å²) >= 11 is 0. The van der Waals surface area contributed by atoms with Crippen molar-refractivity contribution in [1.82, 2.24) is 4.98 Å². The molecule has 2 atom stereocenters. The fraction of sp³-hybridized carbons (Fsp3) is 0.400. The van der Waals surface area contributed by atoms with Gasteiger partial charge in [-0.3, -0.25) is 4.98 Å². The smallest absolute Gasteiger partial charge is 0.0981 e. The molecule has 20 heavy (non-hydrogen) atoms. The van der Waals surface area contributed by atoms with Crippen molar-refractivity contribution in [3.05, 3.63) is 30.5 Å². The summed E-state index contributed by atoms with van der Waals surface area (Å²) < 4.78 is 5.59. The van der Waals surface area contributed by atoms with Crippen molar-refractivity contribution in [3.8, 4) is 0 Å². The van der Waals surface area contributed by atoms with E-state index >= 15 is 0 Å². The van der Waals surface area contributed by atoms with E-state index < -0.39 is 0 Å². The van der Waals surface area contributed by atoms with Crippen LogP contribution in [0.3, 0.4) is 0 Å². The first-order chi connectivity index (χ1) is 9.70. The number of aliphatic hydroxyl groups excluding tert-OH is 1. The van der Waals surface area contributed by atoms with Gasteiger partial charge in [-0.2, -0.15) is 0 Å². The minimum Gasteiger partial charge on any atom is -0.397 e. The molecule has 1 aliphatic heterocycles. The molecule has 0 radical (unpaired) electrons. The monoisotopic (exact) mass is 273 g/mol. The van der Waals surface area contributed by atoms with Gasteiger partial charge in [0.2, 0.25) is 0 Å². The number of fused-ring (bicyclic) bond motifs is 1. The van der Waals surface area contributed by atoms with Crippen LogP contribution < -0.4 is 10.6 Å². The van der Waals surface area contributed by atoms with Crippen LogP contribution in [0.1, 0.15) is 6.92 Å². The maximum atomic E-state index is 9.32. The third-order valence-electron chi connectivity index (χ3n) is 3.80. The van der Waals surface area contributed by atoms with Crippen molar-refractivity contribution in [2.45, 2.75) is 19.1 Å². The molecular weight excluding hydrogens is 254 g/mol. The lowest BCUT2D eigenvalue weighted by molar-refractivity contribution is -0.0102. The quantitative estimate of drug-likeness (QED) is 0.809. The van der Waals surface area contributed by atoms with Gasteiger partial charge in [0.05, 0.1) is 30.5 Å². The number of aromatic nitrogens is 1. The fourth-order valence-electron chi connectivity index (χ4n) is 2.70. The molecule has 3 N–H and O–H groups in total. The molecule has 1 aromatic carbocycles. The number of hydrogen-bond acceptors (Lipinski definition) is 5. The molecule has 5 nitrogen and oxygen atoms in total. The summed E-state index contributed by atoms with van der Waals surface area (Å²) in [5.74, 6) is 0. The van der Waals surface area contributed by atoms with Gasteiger partial charge in [-0.1, -0.05) is 12.1 Å². The Balaban J connectivity index is 2.07. The molecule has 5 heteroatoms. The zero-order valence-corrected chi connectivity index (χ0v) is 11.5. The Kier molecular flexibility index (Phi) is 3.46. The minimum atomic E-state index is -0.143. The van der Waals surface area contributed by atoms with Gasteiger partial charge in [-0.25, -0.2) is 0 Å². The zero-order chi connectivity index (χ0) is 14.1. The fourth-order valence-corrected chi connectivity index (χ4v) is 2.70. The molecule has 2 unspecified atom stereocenters. The van der Waals surface area contributed by atoms with E-state index in [4.69, 9.17) is 10.5 Å². The van der Waals surface area contributed by atoms with Gasteiger partial charge in [0.1, 0.15) is 0 Å². The maximum absolute atomic E-state index is 9.32. The second kappa shape index (κ2) is 5.26. The predicted molar refractivity (Wildman–Crippen MR) is 79.8 cm³/mol. The number of benzene rings is 1. The summed E-state index contributed by atoms with van der Waals surface area (Å²) in [6.45, 7) is 3.43. The van der Waals surface area contributed by atoms with Crippen molar-refractivity contribution in [2.75, 3.05) is 30.4 Å². The molecule has 106 valence electrons. The summed E-state index contributed by atoms with van der Waals surface area (Å²) in [6, 6.07) is 8.09. The van der Waals surface area contributed by atoms with Crippen LogP contribution in [0.4, 0.5) is 11.4 Å². The molecule has 3 rings (SSSR count). The standard InChI is InChI=1S/C15H19N3O2/c1-10-9-20-11(8-19)7-18(10)14-5-6-17-15-12(14)3-2-4-13(15)16/h2-6,10-11,19H,7-9,16H2,1H3. The highest BCUT2D eigenvalue weighted by Gasteiger charge is 2.27. The minimum absolute atomic E-state index is 0.0361. The third kappa shape index (κ3) is 2.19. The molecule has 1 fully saturated rings. The summed E-state index contributed by atoms with van der Waals surface area (Å²) in [6.07, 6.45) is 1.64. The summed E-state index contributed by atoms with van der Waals surface area (Å²) in [5.41, 5.74) is 8.60. The molecule has 2 heterocycles. The predicted octanol–water partition coefficient (Wildman–Crippen LogP) is 1.40. The van der Waals surface area contributed by atoms with E-state index in [9.17, 15) is 5.11 Å². The maximum Gasteiger partial charge on any atom is 0.0981 e. The number of ether oxygens (including phenoxy) is 1. The Morgan fingerprint density at radius 3 is 3.10 bits per heavy atom. The van der Waals surface area contributed by atoms with E-state index in [2.05, 4.69) is 16.8 Å². The Morgan fingerprint density at radius 2 is 2.30 bits per heavy atom. The largest absolute Gasteiger partial charge is 0.397 e. The van der Waals surface area contributed by atoms with E-state index in [1.54, 1.807) is 6.20 Å². The third-order valence-corrected chi connectivity index (χ3v) is 3.80. The van der Waals surface area contributed by atoms with Crippen molar-refractivity contribution < 1.29 is 9.84 Å². The highest BCUT2D eigenvalue weighted by molar-refractivity contribution is 5.98. The number of rotatable bonds is 2. The lowest BCUT2D eigenvalue weighted by Gasteiger charge is -2.39. The molecule has 1 aliphatic rings. The average molecular weight is 273 g/mol. The lowest BCUT2D eigenvalue weighted by Crippen LogP contribution is -2.49. The number of aliphatic hydroxyl groups is 1. The van der Waals surface area contributed by atoms with Gasteiger partial charge in [0, 0.05) is 29.9 Å². The molecule has 0 aliphatic carbocycles. The SMILES string of the molecule is CC1COC(CO)CN1c1ccnc2c(N)cccc12. The van der Waals surface area contributed by atoms with Gasteiger partial charge in [0.25, 0.3) is 0 Å². The number of hydrogen-bond donors (Lipinski definition) is 2. The second-order valence-corrected chi connectivity index (χ2v) is 5.21. The highest BCUT2D eigenvalue weighted by Crippen LogP contribution is 2.31. The Labute approximate surface area is 118 Å². The average Bonchev–Trinajstić information content (AvgIpc) is 2.48. The van der Waals surface area contributed by atoms with Gasteiger partial charge < -0.3 is 20.5 Å². The highest BCUT2D eigenvalue weighted by atomic mass is 16.5. The molecule has 1 saturated heterocycles. The summed E-state index contributed by atoms with van der Waals surface area (Å²) in [5, 5.41) is 10.4. The van der Waals surface area contributed by atoms with E-state index in [0.717, 1.165) is 16.6 Å². The van der Waals surface area contributed by atoms with E-state index in [0.29, 0.717) is 18.8 Å². The van der Waals surface area contributed by atoms with Crippen LogP contribution in [0.25, 0.3) is 10.9 Å². The second-order valence-electron chi connectivity index (χ2n) is 5.21. The zero-order valence-electron chi connectivity index (χ0n) is 11.5. The molecule has 2 aromatic rings. The van der Waals surface area contributed by atoms with Crippen molar-refractivity contribution in [2.24, 2.45) is 0 Å². The Morgan fingerprint density at radius 1 is 1.45 bits per heavy atom. The number of morpholine rings is 1. The first-order valence-electron chi connectivity index (χ1n) is 6.83. The van der Waals surface area contributed by atoms with Crippen molar-refractivity contribution in [1.29, 1.82) is 0 Å². The van der Waals surface area contributed by atoms with E-state index in [1.807, 2.05) is 24.3 Å². The van der Waals surface area contributed by atoms with Crippen molar-refractivity contribution >= 4 is 22.3 Å². The molecule has 0 bridgehead atoms. The van der Waals surface area contributed by atoms with Gasteiger partial charge in [-0.15, -0.1) is 0 Å². The Hall–Kier alpha value is -1.85. The molecule has 1 aromatic heterocycles. The van der Waals surface area contributed by atoms with E-state index in [-0.39, 0.29) is 18.8 Å². The number of pyridine rings is 1. The van der Waals surface area contributed by atoms with Crippen LogP contribution in [0, 0.1) is 0 Å². The number of anilines is 2. The topological polar surface area (TPSA) is 71.6 Å². The number of nitrogens with two attached hydrogens (primary N) is 1. The lowest BCUT2D eigenvalue weighted by atomic mass is 10.1. The molecule has 0 spiro atoms. The van der Waals surface area contributed by atoms with Gasteiger partial charge in [-0.05, 0) is 19.1 Å². The van der Waals surface area contributed by atoms with Crippen LogP contribution in [0.5, 0.6) is 0 Å². The van der Waals surface area contributed by atoms with Gasteiger partial charge in [0.15, 0.2) is 0 Å². The van der Waals surface area contributed by atoms with Crippen LogP contribution in [-0.2, 0) is 4.74 Å². The normalized spacial score (nSPS) is 23.2. The van der Waals surface area contributed by atoms with Crippen LogP contribution in [0.2, 0.25) is 0 Å². The molecular formula is C15H19N3O2. The Bertz CT molecular complexity index is 617. The van der Waals surface area contributed by atoms with Crippen LogP contribution >= 0.6 is 0 Å². The number of nitrogens with zero attached hydrogens (tertiary/aromatic N) is 2. The van der Waals surface area contributed by atoms with E-state index in [1.165, 1.54) is 0 Å². The number of nitrogen functional groups attached to an aromatic ring is 1. The number of para-hydroxylation sites is 1. The summed E-state index contributed by atoms with van der Waals surface area (Å²) in [4.78, 5) is 6.63.